The number of amides is 1. The molecule has 1 aliphatic rings. The summed E-state index contributed by atoms with van der Waals surface area (Å²) in [6.07, 6.45) is -0.930. The monoisotopic (exact) mass is 464 g/mol. The molecule has 6 nitrogen and oxygen atoms in total. The second-order valence-electron chi connectivity index (χ2n) is 8.11. The van der Waals surface area contributed by atoms with E-state index < -0.39 is 17.6 Å². The highest BCUT2D eigenvalue weighted by Crippen LogP contribution is 2.36. The molecule has 32 heavy (non-hydrogen) atoms. The maximum absolute atomic E-state index is 13.2. The molecule has 0 aliphatic carbocycles. The van der Waals surface area contributed by atoms with Gasteiger partial charge in [0.05, 0.1) is 27.2 Å². The number of rotatable bonds is 3. The molecule has 0 saturated carbocycles. The summed E-state index contributed by atoms with van der Waals surface area (Å²) in [5.41, 5.74) is -0.0250. The number of fused-ring (bicyclic) bond motifs is 2. The largest absolute Gasteiger partial charge is 0.416 e. The Bertz CT molecular complexity index is 1260. The van der Waals surface area contributed by atoms with Gasteiger partial charge in [0.25, 0.3) is 11.5 Å². The summed E-state index contributed by atoms with van der Waals surface area (Å²) in [5.74, 6) is 0.161. The Morgan fingerprint density at radius 1 is 1.22 bits per heavy atom. The van der Waals surface area contributed by atoms with Gasteiger partial charge in [0.2, 0.25) is 0 Å². The van der Waals surface area contributed by atoms with Gasteiger partial charge in [0.1, 0.15) is 10.7 Å². The first-order valence-corrected chi connectivity index (χ1v) is 11.1. The van der Waals surface area contributed by atoms with Crippen LogP contribution in [0.2, 0.25) is 0 Å². The average molecular weight is 465 g/mol. The molecule has 3 heterocycles. The molecule has 0 spiro atoms. The van der Waals surface area contributed by atoms with Gasteiger partial charge in [-0.05, 0) is 43.5 Å². The number of carbonyl (C=O) groups excluding carboxylic acids is 1. The summed E-state index contributed by atoms with van der Waals surface area (Å²) in [6, 6.07) is 3.22. The quantitative estimate of drug-likeness (QED) is 0.603. The summed E-state index contributed by atoms with van der Waals surface area (Å²) in [5, 5.41) is 3.02. The number of nitrogens with one attached hydrogen (secondary N) is 1. The van der Waals surface area contributed by atoms with Crippen LogP contribution in [0, 0.1) is 6.92 Å². The third-order valence-electron chi connectivity index (χ3n) is 5.67. The van der Waals surface area contributed by atoms with E-state index in [9.17, 15) is 22.8 Å². The van der Waals surface area contributed by atoms with Gasteiger partial charge in [-0.25, -0.2) is 4.98 Å². The first kappa shape index (κ1) is 22.3. The number of hydrogen-bond donors (Lipinski definition) is 1. The Kier molecular flexibility index (Phi) is 5.74. The van der Waals surface area contributed by atoms with Crippen LogP contribution in [-0.4, -0.2) is 29.6 Å². The van der Waals surface area contributed by atoms with Gasteiger partial charge in [-0.1, -0.05) is 6.42 Å². The average Bonchev–Trinajstić information content (AvgIpc) is 2.88. The minimum absolute atomic E-state index is 0.0483. The Hall–Kier alpha value is -2.88. The van der Waals surface area contributed by atoms with E-state index >= 15 is 0 Å². The molecule has 2 aromatic heterocycles. The van der Waals surface area contributed by atoms with Crippen LogP contribution in [0.1, 0.15) is 45.9 Å². The smallest absolute Gasteiger partial charge is 0.376 e. The third kappa shape index (κ3) is 3.99. The number of alkyl halides is 3. The molecule has 0 unspecified atom stereocenters. The molecule has 1 amide bonds. The molecule has 1 aromatic carbocycles. The molecule has 10 heteroatoms. The fraction of sp³-hybridized carbons (Fsp3) is 0.409. The molecule has 1 N–H and O–H groups in total. The van der Waals surface area contributed by atoms with Crippen LogP contribution >= 0.6 is 11.3 Å². The predicted octanol–water partition coefficient (Wildman–Crippen LogP) is 4.83. The molecular formula is C22H23F3N4O2S. The van der Waals surface area contributed by atoms with Crippen molar-refractivity contribution in [3.8, 4) is 0 Å². The topological polar surface area (TPSA) is 67.2 Å². The number of aromatic nitrogens is 2. The predicted molar refractivity (Wildman–Crippen MR) is 120 cm³/mol. The molecule has 170 valence electrons. The number of carbonyl (C=O) groups is 1. The van der Waals surface area contributed by atoms with E-state index in [4.69, 9.17) is 0 Å². The summed E-state index contributed by atoms with van der Waals surface area (Å²) < 4.78 is 41.3. The maximum Gasteiger partial charge on any atom is 0.416 e. The van der Waals surface area contributed by atoms with Crippen molar-refractivity contribution in [1.82, 2.24) is 9.55 Å². The molecule has 4 rings (SSSR count). The van der Waals surface area contributed by atoms with Crippen LogP contribution in [-0.2, 0) is 19.1 Å². The lowest BCUT2D eigenvalue weighted by Gasteiger charge is -2.19. The van der Waals surface area contributed by atoms with Gasteiger partial charge < -0.3 is 10.2 Å². The van der Waals surface area contributed by atoms with Crippen molar-refractivity contribution < 1.29 is 18.0 Å². The molecule has 1 aliphatic heterocycles. The third-order valence-corrected chi connectivity index (χ3v) is 6.86. The van der Waals surface area contributed by atoms with Crippen LogP contribution in [0.15, 0.2) is 23.0 Å². The van der Waals surface area contributed by atoms with Crippen molar-refractivity contribution in [2.75, 3.05) is 24.3 Å². The van der Waals surface area contributed by atoms with Gasteiger partial charge in [-0.15, -0.1) is 11.3 Å². The van der Waals surface area contributed by atoms with Gasteiger partial charge >= 0.3 is 6.18 Å². The van der Waals surface area contributed by atoms with Crippen molar-refractivity contribution in [1.29, 1.82) is 0 Å². The Labute approximate surface area is 186 Å². The van der Waals surface area contributed by atoms with Crippen molar-refractivity contribution in [2.24, 2.45) is 0 Å². The van der Waals surface area contributed by atoms with Crippen LogP contribution < -0.4 is 15.8 Å². The minimum atomic E-state index is -4.53. The number of benzene rings is 1. The SMILES string of the molecule is Cc1c(C(=O)Nc2cc(C(F)(F)F)ccc2N(C)C)sc2nc3n(c(=O)c12)CCCCC3. The van der Waals surface area contributed by atoms with Gasteiger partial charge in [0.15, 0.2) is 0 Å². The highest BCUT2D eigenvalue weighted by Gasteiger charge is 2.32. The zero-order chi connectivity index (χ0) is 23.2. The molecule has 0 saturated heterocycles. The van der Waals surface area contributed by atoms with Crippen LogP contribution in [0.4, 0.5) is 24.5 Å². The van der Waals surface area contributed by atoms with Crippen LogP contribution in [0.25, 0.3) is 10.2 Å². The molecular weight excluding hydrogens is 441 g/mol. The van der Waals surface area contributed by atoms with E-state index in [1.54, 1.807) is 30.5 Å². The van der Waals surface area contributed by atoms with Crippen molar-refractivity contribution in [3.05, 3.63) is 50.4 Å². The molecule has 3 aromatic rings. The zero-order valence-electron chi connectivity index (χ0n) is 18.0. The summed E-state index contributed by atoms with van der Waals surface area (Å²) in [7, 11) is 3.36. The van der Waals surface area contributed by atoms with Crippen molar-refractivity contribution >= 4 is 38.8 Å². The van der Waals surface area contributed by atoms with E-state index in [1.807, 2.05) is 0 Å². The van der Waals surface area contributed by atoms with Crippen LogP contribution in [0.3, 0.4) is 0 Å². The Morgan fingerprint density at radius 3 is 2.66 bits per heavy atom. The normalized spacial score (nSPS) is 14.2. The molecule has 0 radical (unpaired) electrons. The minimum Gasteiger partial charge on any atom is -0.376 e. The fourth-order valence-corrected chi connectivity index (χ4v) is 5.09. The van der Waals surface area contributed by atoms with E-state index in [0.29, 0.717) is 34.4 Å². The van der Waals surface area contributed by atoms with Gasteiger partial charge in [-0.2, -0.15) is 13.2 Å². The summed E-state index contributed by atoms with van der Waals surface area (Å²) in [6.45, 7) is 2.28. The standard InChI is InChI=1S/C22H23F3N4O2S/c1-12-17-20(27-16-7-5-4-6-10-29(16)21(17)31)32-18(12)19(30)26-14-11-13(22(23,24)25)8-9-15(14)28(2)3/h8-9,11H,4-7,10H2,1-3H3,(H,26,30). The summed E-state index contributed by atoms with van der Waals surface area (Å²) in [4.78, 5) is 33.2. The fourth-order valence-electron chi connectivity index (χ4n) is 4.01. The number of anilines is 2. The van der Waals surface area contributed by atoms with E-state index in [0.717, 1.165) is 48.6 Å². The first-order valence-electron chi connectivity index (χ1n) is 10.3. The summed E-state index contributed by atoms with van der Waals surface area (Å²) >= 11 is 1.10. The van der Waals surface area contributed by atoms with E-state index in [-0.39, 0.29) is 16.1 Å². The highest BCUT2D eigenvalue weighted by molar-refractivity contribution is 7.20. The maximum atomic E-state index is 13.2. The second-order valence-corrected chi connectivity index (χ2v) is 9.11. The number of aryl methyl sites for hydroxylation is 2. The number of halogens is 3. The number of thiophene rings is 1. The van der Waals surface area contributed by atoms with Gasteiger partial charge in [0, 0.05) is 27.1 Å². The number of nitrogens with zero attached hydrogens (tertiary/aromatic N) is 3. The molecule has 0 atom stereocenters. The van der Waals surface area contributed by atoms with Crippen molar-refractivity contribution in [3.63, 3.8) is 0 Å². The Balaban J connectivity index is 1.76. The second kappa shape index (κ2) is 8.23. The van der Waals surface area contributed by atoms with Crippen LogP contribution in [0.5, 0.6) is 0 Å². The lowest BCUT2D eigenvalue weighted by atomic mass is 10.1. The zero-order valence-corrected chi connectivity index (χ0v) is 18.8. The van der Waals surface area contributed by atoms with Gasteiger partial charge in [-0.3, -0.25) is 14.2 Å². The Morgan fingerprint density at radius 2 is 1.97 bits per heavy atom. The number of hydrogen-bond acceptors (Lipinski definition) is 5. The molecule has 0 bridgehead atoms. The van der Waals surface area contributed by atoms with E-state index in [2.05, 4.69) is 10.3 Å². The first-order chi connectivity index (χ1) is 15.1. The highest BCUT2D eigenvalue weighted by atomic mass is 32.1. The molecule has 0 fully saturated rings. The van der Waals surface area contributed by atoms with E-state index in [1.165, 1.54) is 6.07 Å². The lowest BCUT2D eigenvalue weighted by Crippen LogP contribution is -2.24. The van der Waals surface area contributed by atoms with Crippen molar-refractivity contribution in [2.45, 2.75) is 45.3 Å². The lowest BCUT2D eigenvalue weighted by molar-refractivity contribution is -0.137.